The molecule has 0 saturated heterocycles. The molecule has 0 amide bonds. The number of aryl methyl sites for hydroxylation is 6. The van der Waals surface area contributed by atoms with Crippen LogP contribution in [0.2, 0.25) is 0 Å². The third-order valence-electron chi connectivity index (χ3n) is 17.0. The largest absolute Gasteiger partial charge is 0.505 e. The van der Waals surface area contributed by atoms with E-state index in [0.29, 0.717) is 0 Å². The van der Waals surface area contributed by atoms with Crippen LogP contribution in [0.1, 0.15) is 84.0 Å². The van der Waals surface area contributed by atoms with Gasteiger partial charge in [-0.3, -0.25) is 0 Å². The van der Waals surface area contributed by atoms with Crippen molar-refractivity contribution in [3.63, 3.8) is 0 Å². The average Bonchev–Trinajstić information content (AvgIpc) is 3.96. The summed E-state index contributed by atoms with van der Waals surface area (Å²) in [6, 6.07) is 72.6. The van der Waals surface area contributed by atoms with Crippen LogP contribution in [-0.4, -0.2) is 5.11 Å². The summed E-state index contributed by atoms with van der Waals surface area (Å²) in [5, 5.41) is 22.4. The van der Waals surface area contributed by atoms with Gasteiger partial charge in [-0.1, -0.05) is 198 Å². The first-order chi connectivity index (χ1) is 38.8. The zero-order valence-electron chi connectivity index (χ0n) is 47.5. The first kappa shape index (κ1) is 50.4. The van der Waals surface area contributed by atoms with Crippen LogP contribution in [0, 0.1) is 41.5 Å². The summed E-state index contributed by atoms with van der Waals surface area (Å²) in [7, 11) is 0. The van der Waals surface area contributed by atoms with E-state index in [2.05, 4.69) is 273 Å². The number of hydrogen-bond donors (Lipinski definition) is 1. The van der Waals surface area contributed by atoms with Gasteiger partial charge in [-0.2, -0.15) is 0 Å². The highest BCUT2D eigenvalue weighted by Gasteiger charge is 2.30. The Labute approximate surface area is 470 Å². The summed E-state index contributed by atoms with van der Waals surface area (Å²) >= 11 is 0. The van der Waals surface area contributed by atoms with E-state index in [1.807, 2.05) is 6.07 Å². The van der Waals surface area contributed by atoms with Gasteiger partial charge in [-0.25, -0.2) is 0 Å². The number of aromatic hydroxyl groups is 1. The predicted molar refractivity (Wildman–Crippen MR) is 341 cm³/mol. The molecule has 1 heterocycles. The highest BCUT2D eigenvalue weighted by molar-refractivity contribution is 6.30. The summed E-state index contributed by atoms with van der Waals surface area (Å²) in [5.41, 5.74) is 23.6. The molecule has 392 valence electrons. The molecule has 0 aliphatic heterocycles. The van der Waals surface area contributed by atoms with E-state index >= 15 is 0 Å². The molecule has 0 saturated carbocycles. The summed E-state index contributed by atoms with van der Waals surface area (Å²) in [4.78, 5) is 4.86. The summed E-state index contributed by atoms with van der Waals surface area (Å²) in [6.07, 6.45) is 0. The van der Waals surface area contributed by atoms with Gasteiger partial charge < -0.3 is 19.3 Å². The minimum atomic E-state index is 0.174. The molecule has 0 aliphatic rings. The van der Waals surface area contributed by atoms with Gasteiger partial charge >= 0.3 is 0 Å². The molecule has 0 fully saturated rings. The van der Waals surface area contributed by atoms with Crippen molar-refractivity contribution in [3.05, 3.63) is 245 Å². The number of nitrogens with zero attached hydrogens (tertiary/aromatic N) is 2. The fraction of sp³-hybridized carbons (Fsp3) is 0.158. The Morgan fingerprint density at radius 2 is 0.725 bits per heavy atom. The SMILES string of the molecule is Cc1ccccc1-c1cccc(-c2cccc(N(c3c(C)cccc3C)c3cc(C(C)C)c4ccc5c(N(c6c(C)cccc6C)c6cccc7c6oc6c(-c8ccccc8C)cccc67)cc(C(C)C)c6ccc3c4c65)c2O)c1. The molecule has 0 aliphatic carbocycles. The van der Waals surface area contributed by atoms with Crippen molar-refractivity contribution >= 4 is 88.4 Å². The quantitative estimate of drug-likeness (QED) is 0.131. The third kappa shape index (κ3) is 8.02. The van der Waals surface area contributed by atoms with Gasteiger partial charge in [-0.05, 0) is 172 Å². The number of hydrogen-bond acceptors (Lipinski definition) is 4. The molecule has 4 nitrogen and oxygen atoms in total. The second kappa shape index (κ2) is 19.7. The van der Waals surface area contributed by atoms with Gasteiger partial charge in [-0.15, -0.1) is 0 Å². The molecule has 80 heavy (non-hydrogen) atoms. The van der Waals surface area contributed by atoms with Crippen LogP contribution < -0.4 is 9.80 Å². The van der Waals surface area contributed by atoms with Crippen molar-refractivity contribution in [1.82, 2.24) is 0 Å². The van der Waals surface area contributed by atoms with Crippen molar-refractivity contribution in [3.8, 4) is 39.1 Å². The lowest BCUT2D eigenvalue weighted by atomic mass is 9.83. The Bertz CT molecular complexity index is 4550. The second-order valence-electron chi connectivity index (χ2n) is 22.8. The first-order valence-electron chi connectivity index (χ1n) is 28.3. The van der Waals surface area contributed by atoms with Crippen molar-refractivity contribution in [2.24, 2.45) is 0 Å². The molecular formula is C76H66N2O2. The maximum atomic E-state index is 13.1. The van der Waals surface area contributed by atoms with Gasteiger partial charge in [0.1, 0.15) is 11.3 Å². The Kier molecular flexibility index (Phi) is 12.4. The smallest absolute Gasteiger partial charge is 0.159 e. The van der Waals surface area contributed by atoms with Crippen LogP contribution in [-0.2, 0) is 0 Å². The van der Waals surface area contributed by atoms with E-state index in [0.717, 1.165) is 100 Å². The van der Waals surface area contributed by atoms with Crippen LogP contribution in [0.25, 0.3) is 87.6 Å². The number of phenols is 1. The number of furan rings is 1. The standard InChI is InChI=1S/C76H66N2O2/c1-44(2)64-42-68(77(72-48(7)23-15-24-49(72)8)66-35-19-31-56(74(66)79)53-28-17-27-52(41-53)54-29-13-11-21-46(54)5)62-39-37-58-65(45(3)4)43-69(63-40-38-57(64)70(62)71(58)63)78(73-50(9)25-16-26-51(73)10)67-36-20-34-61-60-33-18-32-59(75(60)80-76(61)67)55-30-14-12-22-47(55)6/h11-45,79H,1-10H3. The molecule has 13 aromatic rings. The minimum Gasteiger partial charge on any atom is -0.505 e. The molecule has 0 spiro atoms. The fourth-order valence-corrected chi connectivity index (χ4v) is 13.2. The Balaban J connectivity index is 1.11. The van der Waals surface area contributed by atoms with Crippen molar-refractivity contribution in [2.45, 2.75) is 81.1 Å². The van der Waals surface area contributed by atoms with Crippen LogP contribution >= 0.6 is 0 Å². The number of anilines is 6. The average molecular weight is 1040 g/mol. The van der Waals surface area contributed by atoms with Crippen LogP contribution in [0.3, 0.4) is 0 Å². The normalized spacial score (nSPS) is 11.9. The third-order valence-corrected chi connectivity index (χ3v) is 17.0. The molecule has 0 unspecified atom stereocenters. The van der Waals surface area contributed by atoms with E-state index in [9.17, 15) is 5.11 Å². The first-order valence-corrected chi connectivity index (χ1v) is 28.3. The van der Waals surface area contributed by atoms with Crippen molar-refractivity contribution in [2.75, 3.05) is 9.80 Å². The van der Waals surface area contributed by atoms with Gasteiger partial charge in [0.25, 0.3) is 0 Å². The lowest BCUT2D eigenvalue weighted by molar-refractivity contribution is 0.478. The fourth-order valence-electron chi connectivity index (χ4n) is 13.2. The minimum absolute atomic E-state index is 0.174. The summed E-state index contributed by atoms with van der Waals surface area (Å²) < 4.78 is 7.33. The van der Waals surface area contributed by atoms with Gasteiger partial charge in [0.15, 0.2) is 5.58 Å². The van der Waals surface area contributed by atoms with Gasteiger partial charge in [0.05, 0.1) is 34.1 Å². The molecule has 13 rings (SSSR count). The van der Waals surface area contributed by atoms with Crippen molar-refractivity contribution in [1.29, 1.82) is 0 Å². The maximum absolute atomic E-state index is 13.1. The number of rotatable bonds is 11. The van der Waals surface area contributed by atoms with Gasteiger partial charge in [0, 0.05) is 32.7 Å². The summed E-state index contributed by atoms with van der Waals surface area (Å²) in [5.74, 6) is 0.594. The molecule has 1 N–H and O–H groups in total. The molecule has 4 heteroatoms. The van der Waals surface area contributed by atoms with Crippen LogP contribution in [0.15, 0.2) is 205 Å². The highest BCUT2D eigenvalue weighted by Crippen LogP contribution is 2.55. The topological polar surface area (TPSA) is 39.9 Å². The van der Waals surface area contributed by atoms with E-state index in [1.165, 1.54) is 66.1 Å². The highest BCUT2D eigenvalue weighted by atomic mass is 16.3. The zero-order valence-corrected chi connectivity index (χ0v) is 47.5. The number of fused-ring (bicyclic) bond motifs is 3. The summed E-state index contributed by atoms with van der Waals surface area (Å²) in [6.45, 7) is 22.5. The Hall–Kier alpha value is -9.12. The van der Waals surface area contributed by atoms with E-state index in [1.54, 1.807) is 0 Å². The zero-order chi connectivity index (χ0) is 55.2. The second-order valence-corrected chi connectivity index (χ2v) is 22.8. The molecule has 0 radical (unpaired) electrons. The van der Waals surface area contributed by atoms with Gasteiger partial charge in [0.2, 0.25) is 0 Å². The van der Waals surface area contributed by atoms with E-state index in [-0.39, 0.29) is 17.6 Å². The molecule has 1 aromatic heterocycles. The van der Waals surface area contributed by atoms with Crippen LogP contribution in [0.5, 0.6) is 5.75 Å². The number of benzene rings is 12. The van der Waals surface area contributed by atoms with E-state index in [4.69, 9.17) is 4.42 Å². The molecular weight excluding hydrogens is 973 g/mol. The van der Waals surface area contributed by atoms with Crippen LogP contribution in [0.4, 0.5) is 34.1 Å². The maximum Gasteiger partial charge on any atom is 0.159 e. The molecule has 0 bridgehead atoms. The monoisotopic (exact) mass is 1040 g/mol. The lowest BCUT2D eigenvalue weighted by Gasteiger charge is -2.33. The predicted octanol–water partition coefficient (Wildman–Crippen LogP) is 22.2. The van der Waals surface area contributed by atoms with E-state index < -0.39 is 0 Å². The number of phenolic OH excluding ortho intramolecular Hbond substituents is 1. The van der Waals surface area contributed by atoms with Crippen molar-refractivity contribution < 1.29 is 9.52 Å². The lowest BCUT2D eigenvalue weighted by Crippen LogP contribution is -2.15. The Morgan fingerprint density at radius 3 is 1.27 bits per heavy atom. The molecule has 12 aromatic carbocycles. The number of para-hydroxylation sites is 5. The Morgan fingerprint density at radius 1 is 0.325 bits per heavy atom. The molecule has 0 atom stereocenters.